The molecule has 0 bridgehead atoms. The minimum Gasteiger partial charge on any atom is -0.352 e. The van der Waals surface area contributed by atoms with Gasteiger partial charge in [-0.15, -0.1) is 0 Å². The van der Waals surface area contributed by atoms with Crippen LogP contribution in [0.4, 0.5) is 11.6 Å². The number of nitrogens with zero attached hydrogens (tertiary/aromatic N) is 6. The van der Waals surface area contributed by atoms with Crippen molar-refractivity contribution in [3.8, 4) is 17.3 Å². The molecular weight excluding hydrogens is 404 g/mol. The van der Waals surface area contributed by atoms with Crippen molar-refractivity contribution in [2.45, 2.75) is 25.8 Å². The van der Waals surface area contributed by atoms with Gasteiger partial charge in [0.15, 0.2) is 0 Å². The van der Waals surface area contributed by atoms with E-state index in [4.69, 9.17) is 0 Å². The van der Waals surface area contributed by atoms with E-state index in [1.165, 1.54) is 0 Å². The van der Waals surface area contributed by atoms with E-state index in [0.29, 0.717) is 24.5 Å². The summed E-state index contributed by atoms with van der Waals surface area (Å²) < 4.78 is 1.89. The Morgan fingerprint density at radius 1 is 1.31 bits per heavy atom. The highest BCUT2D eigenvalue weighted by Gasteiger charge is 2.43. The zero-order valence-corrected chi connectivity index (χ0v) is 18.5. The maximum atomic E-state index is 12.1. The number of hydrogen-bond acceptors (Lipinski definition) is 7. The van der Waals surface area contributed by atoms with E-state index in [1.807, 2.05) is 50.0 Å². The molecule has 32 heavy (non-hydrogen) atoms. The van der Waals surface area contributed by atoms with E-state index in [9.17, 15) is 10.1 Å². The molecule has 0 saturated carbocycles. The van der Waals surface area contributed by atoms with Gasteiger partial charge in [0.2, 0.25) is 5.95 Å². The predicted molar refractivity (Wildman–Crippen MR) is 121 cm³/mol. The maximum Gasteiger partial charge on any atom is 0.251 e. The van der Waals surface area contributed by atoms with Crippen molar-refractivity contribution in [2.75, 3.05) is 32.0 Å². The van der Waals surface area contributed by atoms with Gasteiger partial charge in [-0.05, 0) is 50.7 Å². The van der Waals surface area contributed by atoms with Crippen LogP contribution in [0.25, 0.3) is 11.3 Å². The maximum absolute atomic E-state index is 12.1. The number of carbonyl (C=O) groups excluding carboxylic acids is 1. The van der Waals surface area contributed by atoms with Gasteiger partial charge in [0, 0.05) is 48.8 Å². The number of benzene rings is 1. The number of aromatic nitrogens is 4. The van der Waals surface area contributed by atoms with Crippen molar-refractivity contribution in [3.63, 3.8) is 0 Å². The lowest BCUT2D eigenvalue weighted by Crippen LogP contribution is -2.61. The van der Waals surface area contributed by atoms with E-state index in [1.54, 1.807) is 18.5 Å². The third-order valence-corrected chi connectivity index (χ3v) is 5.62. The van der Waals surface area contributed by atoms with Crippen LogP contribution in [-0.4, -0.2) is 57.2 Å². The highest BCUT2D eigenvalue weighted by molar-refractivity contribution is 5.96. The van der Waals surface area contributed by atoms with Crippen molar-refractivity contribution in [2.24, 2.45) is 0 Å². The Morgan fingerprint density at radius 2 is 2.12 bits per heavy atom. The monoisotopic (exact) mass is 430 g/mol. The molecule has 2 aromatic heterocycles. The number of carbonyl (C=O) groups is 1. The Labute approximate surface area is 187 Å². The molecule has 164 valence electrons. The topological polar surface area (TPSA) is 112 Å². The lowest BCUT2D eigenvalue weighted by atomic mass is 9.87. The predicted octanol–water partition coefficient (Wildman–Crippen LogP) is 2.70. The van der Waals surface area contributed by atoms with Gasteiger partial charge in [-0.1, -0.05) is 0 Å². The highest BCUT2D eigenvalue weighted by atomic mass is 16.1. The van der Waals surface area contributed by atoms with E-state index >= 15 is 0 Å². The molecule has 0 radical (unpaired) electrons. The number of amides is 1. The van der Waals surface area contributed by atoms with Crippen LogP contribution in [0.15, 0.2) is 42.9 Å². The smallest absolute Gasteiger partial charge is 0.251 e. The van der Waals surface area contributed by atoms with Crippen LogP contribution in [0, 0.1) is 18.3 Å². The largest absolute Gasteiger partial charge is 0.352 e. The molecule has 2 N–H and O–H groups in total. The number of likely N-dealkylation sites (tertiary alicyclic amines) is 1. The second-order valence-electron chi connectivity index (χ2n) is 8.18. The first-order chi connectivity index (χ1) is 15.4. The zero-order valence-electron chi connectivity index (χ0n) is 18.5. The van der Waals surface area contributed by atoms with Crippen LogP contribution in [0.1, 0.15) is 29.3 Å². The van der Waals surface area contributed by atoms with Gasteiger partial charge in [0.1, 0.15) is 5.54 Å². The zero-order chi connectivity index (χ0) is 22.7. The summed E-state index contributed by atoms with van der Waals surface area (Å²) in [5.74, 6) is 0.370. The molecule has 1 fully saturated rings. The van der Waals surface area contributed by atoms with Gasteiger partial charge in [0.25, 0.3) is 5.91 Å². The Kier molecular flexibility index (Phi) is 5.88. The summed E-state index contributed by atoms with van der Waals surface area (Å²) in [7, 11) is 2.03. The summed E-state index contributed by atoms with van der Waals surface area (Å²) >= 11 is 0. The fourth-order valence-corrected chi connectivity index (χ4v) is 4.12. The molecule has 1 aliphatic rings. The molecule has 1 amide bonds. The van der Waals surface area contributed by atoms with Crippen molar-refractivity contribution >= 4 is 17.5 Å². The fourth-order valence-electron chi connectivity index (χ4n) is 4.12. The molecule has 0 unspecified atom stereocenters. The van der Waals surface area contributed by atoms with E-state index in [2.05, 4.69) is 36.7 Å². The minimum absolute atomic E-state index is 0.0846. The molecule has 9 heteroatoms. The molecule has 0 aliphatic carbocycles. The SMILES string of the molecule is CCNC(=O)c1ccc(Nc2nccc(-c3cnn(C4(CC#N)CN(C)C4)c3)n2)cc1C. The lowest BCUT2D eigenvalue weighted by molar-refractivity contribution is 0.0265. The van der Waals surface area contributed by atoms with Crippen LogP contribution in [-0.2, 0) is 5.54 Å². The quantitative estimate of drug-likeness (QED) is 0.593. The number of nitrogens with one attached hydrogen (secondary N) is 2. The third-order valence-electron chi connectivity index (χ3n) is 5.62. The average Bonchev–Trinajstić information content (AvgIpc) is 3.24. The lowest BCUT2D eigenvalue weighted by Gasteiger charge is -2.47. The third kappa shape index (κ3) is 4.18. The summed E-state index contributed by atoms with van der Waals surface area (Å²) in [4.78, 5) is 23.2. The van der Waals surface area contributed by atoms with E-state index in [-0.39, 0.29) is 11.4 Å². The second-order valence-corrected chi connectivity index (χ2v) is 8.18. The fraction of sp³-hybridized carbons (Fsp3) is 0.348. The molecule has 0 spiro atoms. The average molecular weight is 431 g/mol. The summed E-state index contributed by atoms with van der Waals surface area (Å²) in [5.41, 5.74) is 3.64. The van der Waals surface area contributed by atoms with E-state index in [0.717, 1.165) is 35.6 Å². The summed E-state index contributed by atoms with van der Waals surface area (Å²) in [6, 6.07) is 9.65. The summed E-state index contributed by atoms with van der Waals surface area (Å²) in [5, 5.41) is 19.8. The molecule has 1 saturated heterocycles. The molecule has 1 aliphatic heterocycles. The highest BCUT2D eigenvalue weighted by Crippen LogP contribution is 2.32. The molecule has 9 nitrogen and oxygen atoms in total. The van der Waals surface area contributed by atoms with Crippen LogP contribution >= 0.6 is 0 Å². The van der Waals surface area contributed by atoms with Crippen molar-refractivity contribution < 1.29 is 4.79 Å². The summed E-state index contributed by atoms with van der Waals surface area (Å²) in [6.07, 6.45) is 5.83. The molecule has 3 aromatic rings. The number of rotatable bonds is 7. The number of aryl methyl sites for hydroxylation is 1. The summed E-state index contributed by atoms with van der Waals surface area (Å²) in [6.45, 7) is 5.97. The Bertz CT molecular complexity index is 1170. The normalized spacial score (nSPS) is 14.9. The van der Waals surface area contributed by atoms with Crippen molar-refractivity contribution in [1.29, 1.82) is 5.26 Å². The molecule has 1 aromatic carbocycles. The molecule has 3 heterocycles. The number of likely N-dealkylation sites (N-methyl/N-ethyl adjacent to an activating group) is 1. The number of nitriles is 1. The minimum atomic E-state index is -0.279. The Morgan fingerprint density at radius 3 is 2.81 bits per heavy atom. The first-order valence-corrected chi connectivity index (χ1v) is 10.5. The van der Waals surface area contributed by atoms with Crippen LogP contribution < -0.4 is 10.6 Å². The molecular formula is C23H26N8O. The second kappa shape index (κ2) is 8.77. The number of anilines is 2. The van der Waals surface area contributed by atoms with Gasteiger partial charge in [-0.2, -0.15) is 10.4 Å². The van der Waals surface area contributed by atoms with Crippen LogP contribution in [0.3, 0.4) is 0 Å². The Balaban J connectivity index is 1.53. The standard InChI is InChI=1S/C23H26N8O/c1-4-25-21(32)19-6-5-18(11-16(19)2)28-22-26-10-7-20(29-22)17-12-27-31(13-17)23(8-9-24)14-30(3)15-23/h5-7,10-13H,4,8,14-15H2,1-3H3,(H,25,32)(H,26,28,29). The van der Waals surface area contributed by atoms with Gasteiger partial charge in [-0.25, -0.2) is 9.97 Å². The van der Waals surface area contributed by atoms with Gasteiger partial charge < -0.3 is 15.5 Å². The van der Waals surface area contributed by atoms with Gasteiger partial charge in [-0.3, -0.25) is 9.48 Å². The first kappa shape index (κ1) is 21.5. The van der Waals surface area contributed by atoms with Gasteiger partial charge >= 0.3 is 0 Å². The Hall–Kier alpha value is -3.77. The van der Waals surface area contributed by atoms with Gasteiger partial charge in [0.05, 0.1) is 24.4 Å². The van der Waals surface area contributed by atoms with Crippen molar-refractivity contribution in [3.05, 3.63) is 54.0 Å². The van der Waals surface area contributed by atoms with E-state index < -0.39 is 0 Å². The van der Waals surface area contributed by atoms with Crippen LogP contribution in [0.2, 0.25) is 0 Å². The van der Waals surface area contributed by atoms with Crippen molar-refractivity contribution in [1.82, 2.24) is 30.0 Å². The number of hydrogen-bond donors (Lipinski definition) is 2. The molecule has 4 rings (SSSR count). The molecule has 0 atom stereocenters. The van der Waals surface area contributed by atoms with Crippen LogP contribution in [0.5, 0.6) is 0 Å². The first-order valence-electron chi connectivity index (χ1n) is 10.5.